The topological polar surface area (TPSA) is 46.9 Å². The van der Waals surface area contributed by atoms with Crippen LogP contribution in [0.3, 0.4) is 0 Å². The average Bonchev–Trinajstić information content (AvgIpc) is 2.78. The van der Waals surface area contributed by atoms with E-state index in [4.69, 9.17) is 0 Å². The second-order valence-electron chi connectivity index (χ2n) is 13.2. The van der Waals surface area contributed by atoms with E-state index in [1.807, 2.05) is 0 Å². The Balaban J connectivity index is 1.79. The number of nitrogens with zero attached hydrogens (tertiary/aromatic N) is 2. The number of rotatable bonds is 5. The van der Waals surface area contributed by atoms with Gasteiger partial charge < -0.3 is 10.2 Å². The van der Waals surface area contributed by atoms with E-state index in [9.17, 15) is 10.2 Å². The Morgan fingerprint density at radius 1 is 0.750 bits per heavy atom. The van der Waals surface area contributed by atoms with Gasteiger partial charge in [0.1, 0.15) is 11.5 Å². The van der Waals surface area contributed by atoms with Crippen LogP contribution in [0, 0.1) is 27.7 Å². The summed E-state index contributed by atoms with van der Waals surface area (Å²) in [4.78, 5) is 5.15. The standard InChI is InChI=1S/C32H50N2O2/c1-12-24-17-33(18-25-20(2)15-27(31(6,7)8)29(35)22(25)4)13-14-34(24)19-26-21(3)16-28(32(9,10)11)30(36)23(26)5/h15-16,24,35-36H,12-14,17-19H2,1-11H3. The van der Waals surface area contributed by atoms with Crippen LogP contribution in [0.1, 0.15) is 99.4 Å². The first-order valence-corrected chi connectivity index (χ1v) is 13.7. The quantitative estimate of drug-likeness (QED) is 0.469. The van der Waals surface area contributed by atoms with Gasteiger partial charge in [0.25, 0.3) is 0 Å². The van der Waals surface area contributed by atoms with Gasteiger partial charge in [-0.05, 0) is 89.5 Å². The number of benzene rings is 2. The fourth-order valence-electron chi connectivity index (χ4n) is 5.78. The third kappa shape index (κ3) is 5.75. The molecule has 0 saturated carbocycles. The lowest BCUT2D eigenvalue weighted by molar-refractivity contribution is 0.0615. The summed E-state index contributed by atoms with van der Waals surface area (Å²) in [7, 11) is 0. The molecule has 2 aromatic rings. The molecule has 1 atom stereocenters. The highest BCUT2D eigenvalue weighted by Gasteiger charge is 2.30. The highest BCUT2D eigenvalue weighted by atomic mass is 16.3. The largest absolute Gasteiger partial charge is 0.507 e. The van der Waals surface area contributed by atoms with E-state index in [1.54, 1.807) is 0 Å². The SMILES string of the molecule is CCC1CN(Cc2c(C)cc(C(C)(C)C)c(O)c2C)CCN1Cc1c(C)cc(C(C)(C)C)c(O)c1C. The molecule has 1 heterocycles. The van der Waals surface area contributed by atoms with Crippen LogP contribution in [0.25, 0.3) is 0 Å². The summed E-state index contributed by atoms with van der Waals surface area (Å²) in [5, 5.41) is 22.0. The van der Waals surface area contributed by atoms with Gasteiger partial charge in [0.05, 0.1) is 0 Å². The molecule has 3 rings (SSSR count). The number of hydrogen-bond donors (Lipinski definition) is 2. The smallest absolute Gasteiger partial charge is 0.122 e. The van der Waals surface area contributed by atoms with Crippen molar-refractivity contribution in [2.45, 2.75) is 113 Å². The summed E-state index contributed by atoms with van der Waals surface area (Å²) in [5.41, 5.74) is 9.03. The minimum absolute atomic E-state index is 0.0765. The molecule has 0 aromatic heterocycles. The summed E-state index contributed by atoms with van der Waals surface area (Å²) in [6, 6.07) is 4.84. The van der Waals surface area contributed by atoms with Gasteiger partial charge in [-0.3, -0.25) is 9.80 Å². The molecule has 0 spiro atoms. The molecule has 36 heavy (non-hydrogen) atoms. The first-order chi connectivity index (χ1) is 16.6. The first-order valence-electron chi connectivity index (χ1n) is 13.7. The first kappa shape index (κ1) is 28.5. The summed E-state index contributed by atoms with van der Waals surface area (Å²) >= 11 is 0. The van der Waals surface area contributed by atoms with E-state index < -0.39 is 0 Å². The fourth-order valence-corrected chi connectivity index (χ4v) is 5.78. The zero-order chi connectivity index (χ0) is 27.2. The van der Waals surface area contributed by atoms with Gasteiger partial charge in [-0.1, -0.05) is 60.6 Å². The van der Waals surface area contributed by atoms with Crippen molar-refractivity contribution in [2.75, 3.05) is 19.6 Å². The van der Waals surface area contributed by atoms with Crippen molar-refractivity contribution >= 4 is 0 Å². The molecule has 1 aliphatic heterocycles. The lowest BCUT2D eigenvalue weighted by Gasteiger charge is -2.42. The number of aryl methyl sites for hydroxylation is 2. The van der Waals surface area contributed by atoms with Crippen LogP contribution in [0.5, 0.6) is 11.5 Å². The second-order valence-corrected chi connectivity index (χ2v) is 13.2. The molecule has 4 heteroatoms. The Labute approximate surface area is 220 Å². The normalized spacial score (nSPS) is 18.1. The number of phenols is 2. The predicted molar refractivity (Wildman–Crippen MR) is 152 cm³/mol. The number of piperazine rings is 1. The molecule has 4 nitrogen and oxygen atoms in total. The van der Waals surface area contributed by atoms with Crippen LogP contribution >= 0.6 is 0 Å². The molecular formula is C32H50N2O2. The van der Waals surface area contributed by atoms with E-state index in [2.05, 4.69) is 98.1 Å². The van der Waals surface area contributed by atoms with Crippen molar-refractivity contribution in [1.82, 2.24) is 9.80 Å². The summed E-state index contributed by atoms with van der Waals surface area (Å²) < 4.78 is 0. The van der Waals surface area contributed by atoms with Crippen LogP contribution in [0.2, 0.25) is 0 Å². The molecule has 0 amide bonds. The van der Waals surface area contributed by atoms with Crippen molar-refractivity contribution in [3.63, 3.8) is 0 Å². The number of phenolic OH excluding ortho intramolecular Hbond substituents is 2. The van der Waals surface area contributed by atoms with Crippen LogP contribution in [0.4, 0.5) is 0 Å². The molecule has 1 saturated heterocycles. The Morgan fingerprint density at radius 2 is 1.19 bits per heavy atom. The van der Waals surface area contributed by atoms with Crippen molar-refractivity contribution in [1.29, 1.82) is 0 Å². The van der Waals surface area contributed by atoms with Gasteiger partial charge in [0.15, 0.2) is 0 Å². The highest BCUT2D eigenvalue weighted by Crippen LogP contribution is 2.38. The van der Waals surface area contributed by atoms with E-state index >= 15 is 0 Å². The highest BCUT2D eigenvalue weighted by molar-refractivity contribution is 5.52. The number of hydrogen-bond acceptors (Lipinski definition) is 4. The molecule has 2 N–H and O–H groups in total. The maximum absolute atomic E-state index is 11.0. The Bertz CT molecular complexity index is 1110. The van der Waals surface area contributed by atoms with Crippen molar-refractivity contribution in [2.24, 2.45) is 0 Å². The van der Waals surface area contributed by atoms with Crippen molar-refractivity contribution in [3.05, 3.63) is 56.6 Å². The molecule has 0 bridgehead atoms. The zero-order valence-electron chi connectivity index (χ0n) is 24.8. The maximum atomic E-state index is 11.0. The van der Waals surface area contributed by atoms with Crippen molar-refractivity contribution < 1.29 is 10.2 Å². The molecule has 1 aliphatic rings. The van der Waals surface area contributed by atoms with Crippen LogP contribution in [0.15, 0.2) is 12.1 Å². The maximum Gasteiger partial charge on any atom is 0.122 e. The second kappa shape index (κ2) is 10.4. The summed E-state index contributed by atoms with van der Waals surface area (Å²) in [6.07, 6.45) is 1.09. The van der Waals surface area contributed by atoms with Gasteiger partial charge in [0, 0.05) is 38.8 Å². The van der Waals surface area contributed by atoms with E-state index in [0.717, 1.165) is 61.4 Å². The predicted octanol–water partition coefficient (Wildman–Crippen LogP) is 7.02. The zero-order valence-corrected chi connectivity index (χ0v) is 24.8. The lowest BCUT2D eigenvalue weighted by Crippen LogP contribution is -2.52. The Morgan fingerprint density at radius 3 is 1.61 bits per heavy atom. The third-order valence-electron chi connectivity index (χ3n) is 8.32. The molecule has 1 fully saturated rings. The van der Waals surface area contributed by atoms with Gasteiger partial charge >= 0.3 is 0 Å². The summed E-state index contributed by atoms with van der Waals surface area (Å²) in [6.45, 7) is 28.5. The molecule has 1 unspecified atom stereocenters. The average molecular weight is 495 g/mol. The Kier molecular flexibility index (Phi) is 8.22. The van der Waals surface area contributed by atoms with Gasteiger partial charge in [0.2, 0.25) is 0 Å². The number of aromatic hydroxyl groups is 2. The molecular weight excluding hydrogens is 444 g/mol. The lowest BCUT2D eigenvalue weighted by atomic mass is 9.82. The van der Waals surface area contributed by atoms with E-state index in [0.29, 0.717) is 17.5 Å². The Hall–Kier alpha value is -2.04. The van der Waals surface area contributed by atoms with Crippen LogP contribution in [-0.2, 0) is 23.9 Å². The van der Waals surface area contributed by atoms with Crippen LogP contribution in [-0.4, -0.2) is 45.7 Å². The third-order valence-corrected chi connectivity index (χ3v) is 8.32. The van der Waals surface area contributed by atoms with Gasteiger partial charge in [-0.25, -0.2) is 0 Å². The summed E-state index contributed by atoms with van der Waals surface area (Å²) in [5.74, 6) is 0.914. The van der Waals surface area contributed by atoms with Crippen LogP contribution < -0.4 is 0 Å². The minimum Gasteiger partial charge on any atom is -0.507 e. The fraction of sp³-hybridized carbons (Fsp3) is 0.625. The molecule has 0 radical (unpaired) electrons. The molecule has 2 aromatic carbocycles. The van der Waals surface area contributed by atoms with Crippen molar-refractivity contribution in [3.8, 4) is 11.5 Å². The van der Waals surface area contributed by atoms with Gasteiger partial charge in [-0.15, -0.1) is 0 Å². The molecule has 200 valence electrons. The van der Waals surface area contributed by atoms with Gasteiger partial charge in [-0.2, -0.15) is 0 Å². The van der Waals surface area contributed by atoms with E-state index in [-0.39, 0.29) is 10.8 Å². The monoisotopic (exact) mass is 494 g/mol. The minimum atomic E-state index is -0.0779. The molecule has 0 aliphatic carbocycles. The van der Waals surface area contributed by atoms with E-state index in [1.165, 1.54) is 22.3 Å².